The Labute approximate surface area is 96.8 Å². The summed E-state index contributed by atoms with van der Waals surface area (Å²) in [6.07, 6.45) is 0. The van der Waals surface area contributed by atoms with Crippen molar-refractivity contribution in [3.8, 4) is 5.75 Å². The van der Waals surface area contributed by atoms with Gasteiger partial charge in [0.25, 0.3) is 5.91 Å². The van der Waals surface area contributed by atoms with Crippen molar-refractivity contribution in [1.29, 1.82) is 0 Å². The molecular weight excluding hydrogens is 202 g/mol. The molecule has 0 heterocycles. The summed E-state index contributed by atoms with van der Waals surface area (Å²) in [5.74, 6) is 0.556. The Morgan fingerprint density at radius 1 is 1.31 bits per heavy atom. The number of rotatable bonds is 3. The first kappa shape index (κ1) is 12.6. The van der Waals surface area contributed by atoms with Gasteiger partial charge in [0.1, 0.15) is 5.75 Å². The van der Waals surface area contributed by atoms with E-state index in [1.165, 1.54) is 0 Å². The Kier molecular flexibility index (Phi) is 3.93. The minimum absolute atomic E-state index is 0.0793. The predicted molar refractivity (Wildman–Crippen MR) is 65.1 cm³/mol. The molecule has 0 aromatic heterocycles. The summed E-state index contributed by atoms with van der Waals surface area (Å²) in [5, 5.41) is 2.88. The van der Waals surface area contributed by atoms with Crippen LogP contribution in [0, 0.1) is 13.8 Å². The number of hydrogen-bond donors (Lipinski definition) is 1. The molecule has 0 aliphatic heterocycles. The first-order valence-electron chi connectivity index (χ1n) is 5.41. The normalized spacial score (nSPS) is 10.4. The zero-order valence-electron chi connectivity index (χ0n) is 10.5. The number of carbonyl (C=O) groups is 1. The molecule has 1 rings (SSSR count). The van der Waals surface area contributed by atoms with Crippen molar-refractivity contribution in [1.82, 2.24) is 5.32 Å². The lowest BCUT2D eigenvalue weighted by atomic mass is 10.0. The number of carbonyl (C=O) groups excluding carboxylic acids is 1. The van der Waals surface area contributed by atoms with Crippen LogP contribution in [0.1, 0.15) is 35.3 Å². The molecule has 1 N–H and O–H groups in total. The molecule has 88 valence electrons. The lowest BCUT2D eigenvalue weighted by molar-refractivity contribution is 0.0939. The zero-order chi connectivity index (χ0) is 12.3. The fraction of sp³-hybridized carbons (Fsp3) is 0.462. The highest BCUT2D eigenvalue weighted by molar-refractivity contribution is 5.98. The van der Waals surface area contributed by atoms with Crippen LogP contribution in [0.4, 0.5) is 0 Å². The first-order valence-corrected chi connectivity index (χ1v) is 5.41. The molecule has 3 heteroatoms. The van der Waals surface area contributed by atoms with E-state index in [1.807, 2.05) is 39.8 Å². The van der Waals surface area contributed by atoms with Gasteiger partial charge >= 0.3 is 0 Å². The van der Waals surface area contributed by atoms with Crippen molar-refractivity contribution in [3.05, 3.63) is 28.8 Å². The van der Waals surface area contributed by atoms with E-state index in [4.69, 9.17) is 4.74 Å². The van der Waals surface area contributed by atoms with E-state index in [9.17, 15) is 4.79 Å². The van der Waals surface area contributed by atoms with Gasteiger partial charge in [-0.05, 0) is 44.9 Å². The quantitative estimate of drug-likeness (QED) is 0.851. The van der Waals surface area contributed by atoms with Crippen LogP contribution in [0.3, 0.4) is 0 Å². The number of ether oxygens (including phenoxy) is 1. The molecule has 0 saturated carbocycles. The second-order valence-electron chi connectivity index (χ2n) is 4.29. The summed E-state index contributed by atoms with van der Waals surface area (Å²) in [4.78, 5) is 12.0. The average molecular weight is 221 g/mol. The van der Waals surface area contributed by atoms with Crippen LogP contribution in [0.2, 0.25) is 0 Å². The maximum absolute atomic E-state index is 12.0. The van der Waals surface area contributed by atoms with Crippen molar-refractivity contribution >= 4 is 5.91 Å². The highest BCUT2D eigenvalue weighted by atomic mass is 16.5. The van der Waals surface area contributed by atoms with Crippen molar-refractivity contribution in [3.63, 3.8) is 0 Å². The Bertz CT molecular complexity index is 397. The van der Waals surface area contributed by atoms with Gasteiger partial charge in [-0.25, -0.2) is 0 Å². The smallest absolute Gasteiger partial charge is 0.255 e. The maximum Gasteiger partial charge on any atom is 0.255 e. The second kappa shape index (κ2) is 5.01. The maximum atomic E-state index is 12.0. The summed E-state index contributed by atoms with van der Waals surface area (Å²) >= 11 is 0. The van der Waals surface area contributed by atoms with Gasteiger partial charge in [-0.3, -0.25) is 4.79 Å². The van der Waals surface area contributed by atoms with E-state index in [0.29, 0.717) is 11.3 Å². The van der Waals surface area contributed by atoms with E-state index in [-0.39, 0.29) is 11.9 Å². The first-order chi connectivity index (χ1) is 7.45. The molecule has 0 aliphatic carbocycles. The van der Waals surface area contributed by atoms with Gasteiger partial charge in [0.2, 0.25) is 0 Å². The number of nitrogens with one attached hydrogen (secondary N) is 1. The summed E-state index contributed by atoms with van der Waals surface area (Å²) in [5.41, 5.74) is 2.66. The lowest BCUT2D eigenvalue weighted by Gasteiger charge is -2.14. The lowest BCUT2D eigenvalue weighted by Crippen LogP contribution is -2.31. The van der Waals surface area contributed by atoms with E-state index in [0.717, 1.165) is 11.1 Å². The SMILES string of the molecule is COc1cc(C)cc(C)c1C(=O)NC(C)C. The van der Waals surface area contributed by atoms with Crippen LogP contribution in [0.5, 0.6) is 5.75 Å². The van der Waals surface area contributed by atoms with Crippen LogP contribution >= 0.6 is 0 Å². The molecule has 0 aliphatic rings. The molecule has 0 radical (unpaired) electrons. The largest absolute Gasteiger partial charge is 0.496 e. The number of aryl methyl sites for hydroxylation is 2. The molecule has 1 amide bonds. The van der Waals surface area contributed by atoms with Crippen molar-refractivity contribution in [2.24, 2.45) is 0 Å². The molecule has 0 bridgehead atoms. The van der Waals surface area contributed by atoms with Gasteiger partial charge in [0, 0.05) is 6.04 Å². The fourth-order valence-corrected chi connectivity index (χ4v) is 1.71. The molecule has 0 fully saturated rings. The Morgan fingerprint density at radius 3 is 2.44 bits per heavy atom. The van der Waals surface area contributed by atoms with E-state index < -0.39 is 0 Å². The molecule has 0 atom stereocenters. The number of methoxy groups -OCH3 is 1. The third kappa shape index (κ3) is 2.75. The average Bonchev–Trinajstić information content (AvgIpc) is 2.14. The van der Waals surface area contributed by atoms with Gasteiger partial charge in [-0.1, -0.05) is 6.07 Å². The van der Waals surface area contributed by atoms with Crippen LogP contribution < -0.4 is 10.1 Å². The van der Waals surface area contributed by atoms with Gasteiger partial charge in [-0.15, -0.1) is 0 Å². The van der Waals surface area contributed by atoms with E-state index in [2.05, 4.69) is 5.32 Å². The highest BCUT2D eigenvalue weighted by Crippen LogP contribution is 2.24. The van der Waals surface area contributed by atoms with Gasteiger partial charge in [0.15, 0.2) is 0 Å². The number of benzene rings is 1. The van der Waals surface area contributed by atoms with Crippen LogP contribution in [0.25, 0.3) is 0 Å². The fourth-order valence-electron chi connectivity index (χ4n) is 1.71. The van der Waals surface area contributed by atoms with Crippen LogP contribution in [-0.4, -0.2) is 19.1 Å². The zero-order valence-corrected chi connectivity index (χ0v) is 10.5. The minimum atomic E-state index is -0.0793. The topological polar surface area (TPSA) is 38.3 Å². The van der Waals surface area contributed by atoms with Crippen molar-refractivity contribution < 1.29 is 9.53 Å². The molecule has 0 spiro atoms. The molecule has 1 aromatic rings. The predicted octanol–water partition coefficient (Wildman–Crippen LogP) is 2.45. The molecular formula is C13H19NO2. The Hall–Kier alpha value is -1.51. The monoisotopic (exact) mass is 221 g/mol. The Morgan fingerprint density at radius 2 is 1.94 bits per heavy atom. The summed E-state index contributed by atoms with van der Waals surface area (Å²) in [7, 11) is 1.58. The van der Waals surface area contributed by atoms with Gasteiger partial charge < -0.3 is 10.1 Å². The third-order valence-electron chi connectivity index (χ3n) is 2.31. The Balaban J connectivity index is 3.16. The van der Waals surface area contributed by atoms with Crippen LogP contribution in [-0.2, 0) is 0 Å². The second-order valence-corrected chi connectivity index (χ2v) is 4.29. The van der Waals surface area contributed by atoms with Crippen LogP contribution in [0.15, 0.2) is 12.1 Å². The van der Waals surface area contributed by atoms with Gasteiger partial charge in [-0.2, -0.15) is 0 Å². The molecule has 1 aromatic carbocycles. The summed E-state index contributed by atoms with van der Waals surface area (Å²) in [6.45, 7) is 7.78. The van der Waals surface area contributed by atoms with Gasteiger partial charge in [0.05, 0.1) is 12.7 Å². The summed E-state index contributed by atoms with van der Waals surface area (Å²) in [6, 6.07) is 3.98. The number of hydrogen-bond acceptors (Lipinski definition) is 2. The third-order valence-corrected chi connectivity index (χ3v) is 2.31. The standard InChI is InChI=1S/C13H19NO2/c1-8(2)14-13(15)12-10(4)6-9(3)7-11(12)16-5/h6-8H,1-5H3,(H,14,15). The highest BCUT2D eigenvalue weighted by Gasteiger charge is 2.16. The van der Waals surface area contributed by atoms with E-state index >= 15 is 0 Å². The number of amides is 1. The van der Waals surface area contributed by atoms with E-state index in [1.54, 1.807) is 7.11 Å². The molecule has 0 unspecified atom stereocenters. The minimum Gasteiger partial charge on any atom is -0.496 e. The molecule has 0 saturated heterocycles. The van der Waals surface area contributed by atoms with Crippen molar-refractivity contribution in [2.75, 3.05) is 7.11 Å². The molecule has 3 nitrogen and oxygen atoms in total. The summed E-state index contributed by atoms with van der Waals surface area (Å²) < 4.78 is 5.25. The molecule has 16 heavy (non-hydrogen) atoms. The van der Waals surface area contributed by atoms with Crippen molar-refractivity contribution in [2.45, 2.75) is 33.7 Å².